The number of benzene rings is 1. The first-order valence-corrected chi connectivity index (χ1v) is 8.05. The van der Waals surface area contributed by atoms with Crippen LogP contribution >= 0.6 is 0 Å². The summed E-state index contributed by atoms with van der Waals surface area (Å²) in [7, 11) is -3.41. The molecule has 0 amide bonds. The lowest BCUT2D eigenvalue weighted by molar-refractivity contribution is 0.308. The van der Waals surface area contributed by atoms with E-state index in [1.165, 1.54) is 0 Å². The van der Waals surface area contributed by atoms with E-state index in [-0.39, 0.29) is 11.2 Å². The third kappa shape index (κ3) is 5.61. The van der Waals surface area contributed by atoms with E-state index in [0.29, 0.717) is 13.0 Å². The van der Waals surface area contributed by atoms with Gasteiger partial charge < -0.3 is 4.74 Å². The Kier molecular flexibility index (Phi) is 4.98. The van der Waals surface area contributed by atoms with Crippen LogP contribution in [0.1, 0.15) is 38.3 Å². The summed E-state index contributed by atoms with van der Waals surface area (Å²) in [6.07, 6.45) is 0.399. The van der Waals surface area contributed by atoms with Gasteiger partial charge in [0, 0.05) is 0 Å². The van der Waals surface area contributed by atoms with Crippen molar-refractivity contribution in [1.82, 2.24) is 0 Å². The monoisotopic (exact) mass is 285 g/mol. The molecule has 0 aliphatic rings. The molecule has 0 spiro atoms. The van der Waals surface area contributed by atoms with E-state index in [1.54, 1.807) is 0 Å². The Bertz CT molecular complexity index is 530. The maximum Gasteiger partial charge on any atom is 0.209 e. The van der Waals surface area contributed by atoms with Gasteiger partial charge in [0.05, 0.1) is 12.4 Å². The Labute approximate surface area is 116 Å². The van der Waals surface area contributed by atoms with E-state index in [2.05, 4.69) is 32.9 Å². The smallest absolute Gasteiger partial charge is 0.209 e. The minimum Gasteiger partial charge on any atom is -0.493 e. The van der Waals surface area contributed by atoms with Gasteiger partial charge in [-0.05, 0) is 36.0 Å². The molecule has 0 unspecified atom stereocenters. The van der Waals surface area contributed by atoms with Gasteiger partial charge in [0.25, 0.3) is 0 Å². The predicted molar refractivity (Wildman–Crippen MR) is 78.0 cm³/mol. The van der Waals surface area contributed by atoms with E-state index in [4.69, 9.17) is 9.88 Å². The van der Waals surface area contributed by atoms with Crippen LogP contribution in [0.5, 0.6) is 5.75 Å². The fourth-order valence-electron chi connectivity index (χ4n) is 1.81. The maximum absolute atomic E-state index is 10.8. The third-order valence-electron chi connectivity index (χ3n) is 2.78. The van der Waals surface area contributed by atoms with Crippen molar-refractivity contribution in [1.29, 1.82) is 0 Å². The molecule has 0 saturated heterocycles. The van der Waals surface area contributed by atoms with Gasteiger partial charge >= 0.3 is 0 Å². The fourth-order valence-corrected chi connectivity index (χ4v) is 2.33. The van der Waals surface area contributed by atoms with Gasteiger partial charge in [0.2, 0.25) is 10.0 Å². The van der Waals surface area contributed by atoms with Crippen molar-refractivity contribution in [3.05, 3.63) is 29.3 Å². The number of hydrogen-bond donors (Lipinski definition) is 1. The van der Waals surface area contributed by atoms with Crippen molar-refractivity contribution in [2.45, 2.75) is 39.5 Å². The summed E-state index contributed by atoms with van der Waals surface area (Å²) >= 11 is 0. The van der Waals surface area contributed by atoms with Crippen molar-refractivity contribution in [2.75, 3.05) is 12.4 Å². The average Bonchev–Trinajstić information content (AvgIpc) is 2.21. The molecule has 0 heterocycles. The lowest BCUT2D eigenvalue weighted by atomic mass is 9.86. The van der Waals surface area contributed by atoms with Crippen LogP contribution in [0.15, 0.2) is 18.2 Å². The lowest BCUT2D eigenvalue weighted by Gasteiger charge is -2.23. The summed E-state index contributed by atoms with van der Waals surface area (Å²) in [4.78, 5) is 0. The van der Waals surface area contributed by atoms with Crippen LogP contribution in [0.25, 0.3) is 0 Å². The molecule has 0 aliphatic heterocycles. The molecule has 0 radical (unpaired) electrons. The molecule has 5 heteroatoms. The minimum absolute atomic E-state index is 0.0109. The Morgan fingerprint density at radius 3 is 2.42 bits per heavy atom. The quantitative estimate of drug-likeness (QED) is 0.844. The van der Waals surface area contributed by atoms with Crippen molar-refractivity contribution in [3.8, 4) is 5.75 Å². The van der Waals surface area contributed by atoms with Crippen LogP contribution in [-0.4, -0.2) is 20.8 Å². The van der Waals surface area contributed by atoms with Crippen LogP contribution in [0.3, 0.4) is 0 Å². The van der Waals surface area contributed by atoms with Crippen LogP contribution in [0, 0.1) is 6.92 Å². The molecule has 4 nitrogen and oxygen atoms in total. The number of sulfonamides is 1. The van der Waals surface area contributed by atoms with Gasteiger partial charge in [-0.2, -0.15) is 0 Å². The Morgan fingerprint density at radius 2 is 1.89 bits per heavy atom. The first kappa shape index (κ1) is 16.0. The SMILES string of the molecule is Cc1ccc(C(C)(C)C)c(OCCCS(N)(=O)=O)c1. The molecule has 1 aromatic rings. The highest BCUT2D eigenvalue weighted by Gasteiger charge is 2.18. The average molecular weight is 285 g/mol. The molecule has 108 valence electrons. The highest BCUT2D eigenvalue weighted by atomic mass is 32.2. The van der Waals surface area contributed by atoms with Crippen molar-refractivity contribution in [3.63, 3.8) is 0 Å². The highest BCUT2D eigenvalue weighted by Crippen LogP contribution is 2.32. The van der Waals surface area contributed by atoms with Gasteiger partial charge in [-0.15, -0.1) is 0 Å². The molecule has 2 N–H and O–H groups in total. The number of ether oxygens (including phenoxy) is 1. The zero-order valence-corrected chi connectivity index (χ0v) is 12.9. The molecule has 19 heavy (non-hydrogen) atoms. The van der Waals surface area contributed by atoms with Gasteiger partial charge in [-0.3, -0.25) is 0 Å². The largest absolute Gasteiger partial charge is 0.493 e. The summed E-state index contributed by atoms with van der Waals surface area (Å²) in [6, 6.07) is 6.10. The van der Waals surface area contributed by atoms with E-state index >= 15 is 0 Å². The Morgan fingerprint density at radius 1 is 1.26 bits per heavy atom. The van der Waals surface area contributed by atoms with Crippen molar-refractivity contribution < 1.29 is 13.2 Å². The van der Waals surface area contributed by atoms with E-state index < -0.39 is 10.0 Å². The molecule has 0 bridgehead atoms. The summed E-state index contributed by atoms with van der Waals surface area (Å²) in [5, 5.41) is 4.95. The molecule has 1 aromatic carbocycles. The summed E-state index contributed by atoms with van der Waals surface area (Å²) in [5.74, 6) is 0.769. The molecule has 0 saturated carbocycles. The van der Waals surface area contributed by atoms with Crippen LogP contribution < -0.4 is 9.88 Å². The standard InChI is InChI=1S/C14H23NO3S/c1-11-6-7-12(14(2,3)4)13(10-11)18-8-5-9-19(15,16)17/h6-7,10H,5,8-9H2,1-4H3,(H2,15,16,17). The molecule has 0 aromatic heterocycles. The lowest BCUT2D eigenvalue weighted by Crippen LogP contribution is -2.19. The summed E-state index contributed by atoms with van der Waals surface area (Å²) in [5.41, 5.74) is 2.23. The maximum atomic E-state index is 10.8. The van der Waals surface area contributed by atoms with Crippen LogP contribution in [-0.2, 0) is 15.4 Å². The number of aryl methyl sites for hydroxylation is 1. The molecule has 1 rings (SSSR count). The van der Waals surface area contributed by atoms with Crippen LogP contribution in [0.2, 0.25) is 0 Å². The van der Waals surface area contributed by atoms with Gasteiger partial charge in [-0.1, -0.05) is 32.9 Å². The van der Waals surface area contributed by atoms with Gasteiger partial charge in [0.1, 0.15) is 5.75 Å². The third-order valence-corrected chi connectivity index (χ3v) is 3.63. The topological polar surface area (TPSA) is 69.4 Å². The second kappa shape index (κ2) is 5.92. The molecular formula is C14H23NO3S. The highest BCUT2D eigenvalue weighted by molar-refractivity contribution is 7.89. The van der Waals surface area contributed by atoms with Crippen molar-refractivity contribution >= 4 is 10.0 Å². The Balaban J connectivity index is 2.75. The number of primary sulfonamides is 1. The van der Waals surface area contributed by atoms with Gasteiger partial charge in [0.15, 0.2) is 0 Å². The fraction of sp³-hybridized carbons (Fsp3) is 0.571. The summed E-state index contributed by atoms with van der Waals surface area (Å²) < 4.78 is 27.4. The molecular weight excluding hydrogens is 262 g/mol. The first-order chi connectivity index (χ1) is 8.59. The second-order valence-electron chi connectivity index (χ2n) is 5.82. The molecule has 0 aliphatic carbocycles. The number of rotatable bonds is 5. The summed E-state index contributed by atoms with van der Waals surface area (Å²) in [6.45, 7) is 8.71. The molecule has 0 fully saturated rings. The second-order valence-corrected chi connectivity index (χ2v) is 7.55. The Hall–Kier alpha value is -1.07. The number of hydrogen-bond acceptors (Lipinski definition) is 3. The number of nitrogens with two attached hydrogens (primary N) is 1. The predicted octanol–water partition coefficient (Wildman–Crippen LogP) is 2.35. The van der Waals surface area contributed by atoms with E-state index in [0.717, 1.165) is 16.9 Å². The van der Waals surface area contributed by atoms with E-state index in [1.807, 2.05) is 13.0 Å². The zero-order chi connectivity index (χ0) is 14.7. The minimum atomic E-state index is -3.41. The normalized spacial score (nSPS) is 12.5. The van der Waals surface area contributed by atoms with Crippen molar-refractivity contribution in [2.24, 2.45) is 5.14 Å². The van der Waals surface area contributed by atoms with Crippen LogP contribution in [0.4, 0.5) is 0 Å². The van der Waals surface area contributed by atoms with Gasteiger partial charge in [-0.25, -0.2) is 13.6 Å². The first-order valence-electron chi connectivity index (χ1n) is 6.34. The zero-order valence-electron chi connectivity index (χ0n) is 12.1. The van der Waals surface area contributed by atoms with E-state index in [9.17, 15) is 8.42 Å². The molecule has 0 atom stereocenters.